The van der Waals surface area contributed by atoms with Crippen molar-refractivity contribution < 1.29 is 36.9 Å². The first-order chi connectivity index (χ1) is 22.2. The van der Waals surface area contributed by atoms with E-state index < -0.39 is 22.5 Å². The van der Waals surface area contributed by atoms with Crippen LogP contribution in [-0.2, 0) is 21.4 Å². The third-order valence-corrected chi connectivity index (χ3v) is 8.54. The van der Waals surface area contributed by atoms with Crippen LogP contribution < -0.4 is 33.4 Å². The number of methoxy groups -OCH3 is 3. The van der Waals surface area contributed by atoms with Crippen molar-refractivity contribution in [2.45, 2.75) is 18.4 Å². The molecule has 0 aliphatic heterocycles. The number of hydrogen-bond donors (Lipinski definition) is 1. The number of hydrogen-bond acceptors (Lipinski definition) is 9. The number of benzene rings is 4. The Labute approximate surface area is 273 Å². The molecule has 1 N–H and O–H groups in total. The summed E-state index contributed by atoms with van der Waals surface area (Å²) < 4.78 is 56.5. The van der Waals surface area contributed by atoms with Crippen LogP contribution in [0.25, 0.3) is 0 Å². The van der Waals surface area contributed by atoms with E-state index in [1.54, 1.807) is 24.3 Å². The number of ether oxygens (including phenoxy) is 5. The highest BCUT2D eigenvalue weighted by atomic mass is 35.5. The molecule has 0 saturated carbocycles. The van der Waals surface area contributed by atoms with E-state index in [9.17, 15) is 13.2 Å². The van der Waals surface area contributed by atoms with E-state index in [2.05, 4.69) is 10.5 Å². The van der Waals surface area contributed by atoms with Crippen molar-refractivity contribution in [3.63, 3.8) is 0 Å². The largest absolute Gasteiger partial charge is 0.495 e. The van der Waals surface area contributed by atoms with Gasteiger partial charge in [-0.3, -0.25) is 9.10 Å². The zero-order chi connectivity index (χ0) is 33.1. The summed E-state index contributed by atoms with van der Waals surface area (Å²) in [6.07, 6.45) is 1.41. The molecule has 11 nitrogen and oxygen atoms in total. The second-order valence-corrected chi connectivity index (χ2v) is 11.9. The summed E-state index contributed by atoms with van der Waals surface area (Å²) in [6.45, 7) is 1.99. The predicted octanol–water partition coefficient (Wildman–Crippen LogP) is 5.69. The number of nitrogens with one attached hydrogen (secondary N) is 1. The third-order valence-electron chi connectivity index (χ3n) is 6.55. The second-order valence-electron chi connectivity index (χ2n) is 9.55. The standard InChI is InChI=1S/C33H34ClN3O8S/c1-5-44-32-17-24(11-14-30(32)45-22-23-9-7-6-8-10-23)20-35-36-33(38)21-37(27-18-25(34)12-15-28(27)41-2)46(39,40)26-13-16-29(42-3)31(19-26)43-4/h6-20H,5,21-22H2,1-4H3,(H,36,38)/b35-20-. The van der Waals surface area contributed by atoms with Gasteiger partial charge >= 0.3 is 0 Å². The number of rotatable bonds is 15. The molecule has 4 rings (SSSR count). The monoisotopic (exact) mass is 667 g/mol. The molecule has 13 heteroatoms. The van der Waals surface area contributed by atoms with E-state index in [1.807, 2.05) is 37.3 Å². The Balaban J connectivity index is 1.56. The van der Waals surface area contributed by atoms with Gasteiger partial charge in [-0.15, -0.1) is 0 Å². The van der Waals surface area contributed by atoms with E-state index >= 15 is 0 Å². The number of halogens is 1. The first-order valence-electron chi connectivity index (χ1n) is 14.0. The lowest BCUT2D eigenvalue weighted by molar-refractivity contribution is -0.119. The Morgan fingerprint density at radius 2 is 1.52 bits per heavy atom. The van der Waals surface area contributed by atoms with Crippen molar-refractivity contribution in [2.24, 2.45) is 5.10 Å². The molecule has 4 aromatic carbocycles. The molecule has 0 aliphatic rings. The van der Waals surface area contributed by atoms with Crippen molar-refractivity contribution in [2.75, 3.05) is 38.8 Å². The zero-order valence-corrected chi connectivity index (χ0v) is 27.3. The molecule has 0 saturated heterocycles. The molecule has 4 aromatic rings. The minimum atomic E-state index is -4.36. The second kappa shape index (κ2) is 15.9. The molecule has 0 radical (unpaired) electrons. The van der Waals surface area contributed by atoms with Gasteiger partial charge in [0.15, 0.2) is 23.0 Å². The fraction of sp³-hybridized carbons (Fsp3) is 0.212. The number of hydrazone groups is 1. The normalized spacial score (nSPS) is 11.2. The number of amides is 1. The van der Waals surface area contributed by atoms with Crippen LogP contribution >= 0.6 is 11.6 Å². The van der Waals surface area contributed by atoms with Gasteiger partial charge in [-0.05, 0) is 66.6 Å². The van der Waals surface area contributed by atoms with Crippen LogP contribution in [0.5, 0.6) is 28.7 Å². The summed E-state index contributed by atoms with van der Waals surface area (Å²) in [5.74, 6) is 1.05. The van der Waals surface area contributed by atoms with Crippen LogP contribution in [0.4, 0.5) is 5.69 Å². The van der Waals surface area contributed by atoms with Crippen molar-refractivity contribution in [1.82, 2.24) is 5.43 Å². The zero-order valence-electron chi connectivity index (χ0n) is 25.7. The summed E-state index contributed by atoms with van der Waals surface area (Å²) in [5, 5.41) is 4.28. The van der Waals surface area contributed by atoms with Crippen LogP contribution in [0, 0.1) is 0 Å². The van der Waals surface area contributed by atoms with Gasteiger partial charge in [-0.25, -0.2) is 13.8 Å². The molecule has 0 aliphatic carbocycles. The number of carbonyl (C=O) groups excluding carboxylic acids is 1. The van der Waals surface area contributed by atoms with Crippen molar-refractivity contribution >= 4 is 39.4 Å². The van der Waals surface area contributed by atoms with Crippen molar-refractivity contribution in [3.05, 3.63) is 101 Å². The van der Waals surface area contributed by atoms with E-state index in [0.717, 1.165) is 9.87 Å². The molecule has 242 valence electrons. The van der Waals surface area contributed by atoms with Crippen molar-refractivity contribution in [3.8, 4) is 28.7 Å². The number of anilines is 1. The fourth-order valence-corrected chi connectivity index (χ4v) is 5.94. The van der Waals surface area contributed by atoms with E-state index in [4.69, 9.17) is 35.3 Å². The molecule has 1 amide bonds. The number of carbonyl (C=O) groups is 1. The SMILES string of the molecule is CCOc1cc(/C=N\NC(=O)CN(c2cc(Cl)ccc2OC)S(=O)(=O)c2ccc(OC)c(OC)c2)ccc1OCc1ccccc1. The molecule has 0 atom stereocenters. The first kappa shape index (κ1) is 33.9. The van der Waals surface area contributed by atoms with E-state index in [1.165, 1.54) is 57.9 Å². The minimum absolute atomic E-state index is 0.0522. The summed E-state index contributed by atoms with van der Waals surface area (Å²) in [6, 6.07) is 23.5. The Kier molecular flexibility index (Phi) is 11.7. The molecule has 0 unspecified atom stereocenters. The maximum atomic E-state index is 14.0. The van der Waals surface area contributed by atoms with Crippen molar-refractivity contribution in [1.29, 1.82) is 0 Å². The highest BCUT2D eigenvalue weighted by molar-refractivity contribution is 7.92. The van der Waals surface area contributed by atoms with Crippen LogP contribution in [0.2, 0.25) is 5.02 Å². The van der Waals surface area contributed by atoms with Crippen LogP contribution in [-0.4, -0.2) is 55.0 Å². The van der Waals surface area contributed by atoms with Crippen LogP contribution in [0.1, 0.15) is 18.1 Å². The maximum absolute atomic E-state index is 14.0. The molecular formula is C33H34ClN3O8S. The van der Waals surface area contributed by atoms with Gasteiger partial charge in [-0.1, -0.05) is 41.9 Å². The smallest absolute Gasteiger partial charge is 0.265 e. The number of sulfonamides is 1. The topological polar surface area (TPSA) is 125 Å². The highest BCUT2D eigenvalue weighted by Crippen LogP contribution is 2.37. The van der Waals surface area contributed by atoms with Gasteiger partial charge in [-0.2, -0.15) is 5.10 Å². The lowest BCUT2D eigenvalue weighted by Gasteiger charge is -2.25. The molecule has 0 fully saturated rings. The average molecular weight is 668 g/mol. The summed E-state index contributed by atoms with van der Waals surface area (Å²) >= 11 is 6.23. The average Bonchev–Trinajstić information content (AvgIpc) is 3.07. The molecule has 0 heterocycles. The van der Waals surface area contributed by atoms with Gasteiger partial charge < -0.3 is 23.7 Å². The Morgan fingerprint density at radius 1 is 0.826 bits per heavy atom. The summed E-state index contributed by atoms with van der Waals surface area (Å²) in [4.78, 5) is 13.0. The quantitative estimate of drug-likeness (QED) is 0.127. The Bertz CT molecular complexity index is 1790. The molecule has 0 spiro atoms. The first-order valence-corrected chi connectivity index (χ1v) is 15.9. The highest BCUT2D eigenvalue weighted by Gasteiger charge is 2.30. The van der Waals surface area contributed by atoms with Gasteiger partial charge in [0.2, 0.25) is 0 Å². The van der Waals surface area contributed by atoms with Gasteiger partial charge in [0.1, 0.15) is 18.9 Å². The van der Waals surface area contributed by atoms with Gasteiger partial charge in [0, 0.05) is 11.1 Å². The third kappa shape index (κ3) is 8.40. The predicted molar refractivity (Wildman–Crippen MR) is 176 cm³/mol. The van der Waals surface area contributed by atoms with Crippen LogP contribution in [0.3, 0.4) is 0 Å². The molecule has 0 aromatic heterocycles. The number of nitrogens with zero attached hydrogens (tertiary/aromatic N) is 2. The fourth-order valence-electron chi connectivity index (χ4n) is 4.33. The molecular weight excluding hydrogens is 634 g/mol. The van der Waals surface area contributed by atoms with E-state index in [-0.39, 0.29) is 27.1 Å². The minimum Gasteiger partial charge on any atom is -0.495 e. The lowest BCUT2D eigenvalue weighted by Crippen LogP contribution is -2.39. The molecule has 46 heavy (non-hydrogen) atoms. The molecule has 0 bridgehead atoms. The van der Waals surface area contributed by atoms with E-state index in [0.29, 0.717) is 36.0 Å². The maximum Gasteiger partial charge on any atom is 0.265 e. The van der Waals surface area contributed by atoms with Gasteiger partial charge in [0.05, 0.1) is 44.7 Å². The lowest BCUT2D eigenvalue weighted by atomic mass is 10.2. The van der Waals surface area contributed by atoms with Gasteiger partial charge in [0.25, 0.3) is 15.9 Å². The summed E-state index contributed by atoms with van der Waals surface area (Å²) in [7, 11) is -0.153. The Hall–Kier alpha value is -4.94. The van der Waals surface area contributed by atoms with Crippen LogP contribution in [0.15, 0.2) is 94.9 Å². The Morgan fingerprint density at radius 3 is 2.22 bits per heavy atom. The summed E-state index contributed by atoms with van der Waals surface area (Å²) in [5.41, 5.74) is 4.07.